The van der Waals surface area contributed by atoms with Crippen LogP contribution in [0.1, 0.15) is 43.4 Å². The summed E-state index contributed by atoms with van der Waals surface area (Å²) in [7, 11) is 0. The number of fused-ring (bicyclic) bond motifs is 1. The molecule has 0 radical (unpaired) electrons. The molecular formula is C26H27FO4. The Morgan fingerprint density at radius 2 is 1.77 bits per heavy atom. The van der Waals surface area contributed by atoms with Crippen molar-refractivity contribution in [3.05, 3.63) is 94.8 Å². The van der Waals surface area contributed by atoms with Gasteiger partial charge in [-0.2, -0.15) is 0 Å². The van der Waals surface area contributed by atoms with Crippen molar-refractivity contribution in [2.75, 3.05) is 0 Å². The molecule has 31 heavy (non-hydrogen) atoms. The number of rotatable bonds is 7. The zero-order valence-corrected chi connectivity index (χ0v) is 17.6. The van der Waals surface area contributed by atoms with Gasteiger partial charge < -0.3 is 15.3 Å². The van der Waals surface area contributed by atoms with Crippen LogP contribution < -0.4 is 0 Å². The van der Waals surface area contributed by atoms with Crippen LogP contribution in [0.25, 0.3) is 11.6 Å². The van der Waals surface area contributed by atoms with Gasteiger partial charge in [0, 0.05) is 11.8 Å². The van der Waals surface area contributed by atoms with E-state index in [1.165, 1.54) is 12.1 Å². The highest BCUT2D eigenvalue weighted by Crippen LogP contribution is 2.43. The molecule has 0 fully saturated rings. The van der Waals surface area contributed by atoms with E-state index in [9.17, 15) is 19.4 Å². The molecule has 0 heterocycles. The Hall–Kier alpha value is -3.02. The summed E-state index contributed by atoms with van der Waals surface area (Å²) in [5.74, 6) is -1.43. The third-order valence-corrected chi connectivity index (χ3v) is 5.41. The fourth-order valence-corrected chi connectivity index (χ4v) is 3.80. The maximum atomic E-state index is 13.6. The molecule has 2 atom stereocenters. The fraction of sp³-hybridized carbons (Fsp3) is 0.269. The number of aliphatic hydroxyl groups is 2. The summed E-state index contributed by atoms with van der Waals surface area (Å²) in [5, 5.41) is 29.0. The number of aliphatic hydroxyl groups excluding tert-OH is 2. The van der Waals surface area contributed by atoms with E-state index in [0.29, 0.717) is 0 Å². The first-order valence-corrected chi connectivity index (χ1v) is 10.2. The molecule has 2 aromatic rings. The third-order valence-electron chi connectivity index (χ3n) is 5.41. The van der Waals surface area contributed by atoms with E-state index in [-0.39, 0.29) is 12.2 Å². The van der Waals surface area contributed by atoms with Crippen LogP contribution in [-0.4, -0.2) is 33.5 Å². The van der Waals surface area contributed by atoms with Gasteiger partial charge in [-0.3, -0.25) is 4.79 Å². The van der Waals surface area contributed by atoms with Crippen LogP contribution in [0.5, 0.6) is 0 Å². The summed E-state index contributed by atoms with van der Waals surface area (Å²) in [6.07, 6.45) is 4.92. The lowest BCUT2D eigenvalue weighted by molar-refractivity contribution is -0.139. The van der Waals surface area contributed by atoms with Gasteiger partial charge in [-0.05, 0) is 40.0 Å². The molecule has 162 valence electrons. The molecular weight excluding hydrogens is 395 g/mol. The monoisotopic (exact) mass is 422 g/mol. The van der Waals surface area contributed by atoms with Crippen molar-refractivity contribution in [3.63, 3.8) is 0 Å². The van der Waals surface area contributed by atoms with Gasteiger partial charge in [-0.25, -0.2) is 4.39 Å². The zero-order valence-electron chi connectivity index (χ0n) is 17.6. The largest absolute Gasteiger partial charge is 0.481 e. The summed E-state index contributed by atoms with van der Waals surface area (Å²) in [4.78, 5) is 10.8. The van der Waals surface area contributed by atoms with Crippen LogP contribution in [0, 0.1) is 11.2 Å². The number of aliphatic carboxylic acids is 1. The topological polar surface area (TPSA) is 77.8 Å². The Balaban J connectivity index is 2.09. The van der Waals surface area contributed by atoms with Gasteiger partial charge in [0.1, 0.15) is 5.82 Å². The SMILES string of the molecule is CC1(C)C=Cc2ccccc2C(c2ccc(F)cc2)=C1/C=C/C(O)CC(O)CC(=O)O. The molecule has 0 spiro atoms. The lowest BCUT2D eigenvalue weighted by Gasteiger charge is -2.26. The summed E-state index contributed by atoms with van der Waals surface area (Å²) >= 11 is 0. The van der Waals surface area contributed by atoms with Gasteiger partial charge >= 0.3 is 5.97 Å². The molecule has 0 aliphatic heterocycles. The number of hydrogen-bond acceptors (Lipinski definition) is 3. The number of hydrogen-bond donors (Lipinski definition) is 3. The Morgan fingerprint density at radius 1 is 1.10 bits per heavy atom. The number of carbonyl (C=O) groups is 1. The van der Waals surface area contributed by atoms with Gasteiger partial charge in [-0.1, -0.05) is 74.5 Å². The van der Waals surface area contributed by atoms with Crippen molar-refractivity contribution in [2.24, 2.45) is 5.41 Å². The van der Waals surface area contributed by atoms with E-state index in [2.05, 4.69) is 26.0 Å². The van der Waals surface area contributed by atoms with Crippen LogP contribution in [0.2, 0.25) is 0 Å². The van der Waals surface area contributed by atoms with E-state index in [1.54, 1.807) is 18.2 Å². The number of carboxylic acids is 1. The Labute approximate surface area is 181 Å². The highest BCUT2D eigenvalue weighted by atomic mass is 19.1. The summed E-state index contributed by atoms with van der Waals surface area (Å²) in [6.45, 7) is 4.12. The molecule has 3 N–H and O–H groups in total. The molecule has 1 aliphatic carbocycles. The molecule has 5 heteroatoms. The maximum absolute atomic E-state index is 13.6. The zero-order chi connectivity index (χ0) is 22.6. The summed E-state index contributed by atoms with van der Waals surface area (Å²) in [5.41, 5.74) is 4.34. The van der Waals surface area contributed by atoms with E-state index in [4.69, 9.17) is 5.11 Å². The minimum absolute atomic E-state index is 0.0746. The van der Waals surface area contributed by atoms with Crippen molar-refractivity contribution < 1.29 is 24.5 Å². The van der Waals surface area contributed by atoms with Gasteiger partial charge in [0.15, 0.2) is 0 Å². The minimum atomic E-state index is -1.13. The molecule has 2 unspecified atom stereocenters. The summed E-state index contributed by atoms with van der Waals surface area (Å²) in [6, 6.07) is 14.3. The van der Waals surface area contributed by atoms with Crippen molar-refractivity contribution >= 4 is 17.6 Å². The van der Waals surface area contributed by atoms with Crippen molar-refractivity contribution in [2.45, 2.75) is 38.9 Å². The molecule has 0 amide bonds. The van der Waals surface area contributed by atoms with Crippen LogP contribution in [-0.2, 0) is 4.79 Å². The van der Waals surface area contributed by atoms with Gasteiger partial charge in [-0.15, -0.1) is 0 Å². The molecule has 0 aromatic heterocycles. The molecule has 0 saturated carbocycles. The predicted octanol–water partition coefficient (Wildman–Crippen LogP) is 4.82. The first-order chi connectivity index (χ1) is 14.7. The normalized spacial score (nSPS) is 17.3. The number of carboxylic acid groups (broad SMARTS) is 1. The third kappa shape index (κ3) is 5.57. The molecule has 3 rings (SSSR count). The van der Waals surface area contributed by atoms with Gasteiger partial charge in [0.05, 0.1) is 18.6 Å². The first kappa shape index (κ1) is 22.7. The summed E-state index contributed by atoms with van der Waals surface area (Å²) < 4.78 is 13.6. The Bertz CT molecular complexity index is 1030. The fourth-order valence-electron chi connectivity index (χ4n) is 3.80. The second-order valence-corrected chi connectivity index (χ2v) is 8.35. The van der Waals surface area contributed by atoms with Crippen LogP contribution in [0.15, 0.2) is 72.3 Å². The van der Waals surface area contributed by atoms with Crippen LogP contribution >= 0.6 is 0 Å². The number of benzene rings is 2. The van der Waals surface area contributed by atoms with Crippen LogP contribution in [0.4, 0.5) is 4.39 Å². The van der Waals surface area contributed by atoms with Gasteiger partial charge in [0.25, 0.3) is 0 Å². The first-order valence-electron chi connectivity index (χ1n) is 10.2. The predicted molar refractivity (Wildman–Crippen MR) is 120 cm³/mol. The molecule has 1 aliphatic rings. The Kier molecular flexibility index (Phi) is 6.88. The average Bonchev–Trinajstić information content (AvgIpc) is 2.80. The Morgan fingerprint density at radius 3 is 2.45 bits per heavy atom. The van der Waals surface area contributed by atoms with Crippen molar-refractivity contribution in [3.8, 4) is 0 Å². The number of halogens is 1. The molecule has 0 saturated heterocycles. The van der Waals surface area contributed by atoms with E-state index < -0.39 is 30.0 Å². The van der Waals surface area contributed by atoms with Crippen molar-refractivity contribution in [1.29, 1.82) is 0 Å². The highest BCUT2D eigenvalue weighted by Gasteiger charge is 2.27. The van der Waals surface area contributed by atoms with Gasteiger partial charge in [0.2, 0.25) is 0 Å². The smallest absolute Gasteiger partial charge is 0.305 e. The second kappa shape index (κ2) is 9.41. The second-order valence-electron chi connectivity index (χ2n) is 8.35. The maximum Gasteiger partial charge on any atom is 0.305 e. The number of allylic oxidation sites excluding steroid dienone is 3. The van der Waals surface area contributed by atoms with E-state index in [1.807, 2.05) is 30.3 Å². The lowest BCUT2D eigenvalue weighted by atomic mass is 9.78. The molecule has 2 aromatic carbocycles. The van der Waals surface area contributed by atoms with E-state index >= 15 is 0 Å². The highest BCUT2D eigenvalue weighted by molar-refractivity contribution is 5.90. The average molecular weight is 422 g/mol. The lowest BCUT2D eigenvalue weighted by Crippen LogP contribution is -2.19. The quantitative estimate of drug-likeness (QED) is 0.598. The van der Waals surface area contributed by atoms with Crippen molar-refractivity contribution in [1.82, 2.24) is 0 Å². The standard InChI is InChI=1S/C26H27FO4/c1-26(2)14-13-17-5-3-4-6-22(17)25(18-7-9-19(27)10-8-18)23(26)12-11-20(28)15-21(29)16-24(30)31/h3-14,20-21,28-29H,15-16H2,1-2H3,(H,30,31)/b12-11+. The van der Waals surface area contributed by atoms with Crippen LogP contribution in [0.3, 0.4) is 0 Å². The van der Waals surface area contributed by atoms with E-state index in [0.717, 1.165) is 27.8 Å². The molecule has 0 bridgehead atoms. The minimum Gasteiger partial charge on any atom is -0.481 e. The molecule has 4 nitrogen and oxygen atoms in total.